The summed E-state index contributed by atoms with van der Waals surface area (Å²) in [6.45, 7) is 4.25. The Hall–Kier alpha value is -1.26. The minimum absolute atomic E-state index is 0. The van der Waals surface area contributed by atoms with Crippen LogP contribution >= 0.6 is 12.4 Å². The predicted octanol–water partition coefficient (Wildman–Crippen LogP) is 2.30. The Bertz CT molecular complexity index is 402. The summed E-state index contributed by atoms with van der Waals surface area (Å²) < 4.78 is 0. The Labute approximate surface area is 127 Å². The van der Waals surface area contributed by atoms with Crippen LogP contribution in [0.5, 0.6) is 0 Å². The van der Waals surface area contributed by atoms with Crippen LogP contribution in [0.15, 0.2) is 24.3 Å². The summed E-state index contributed by atoms with van der Waals surface area (Å²) >= 11 is 0. The zero-order valence-corrected chi connectivity index (χ0v) is 12.6. The molecule has 20 heavy (non-hydrogen) atoms. The summed E-state index contributed by atoms with van der Waals surface area (Å²) in [6.07, 6.45) is 5.01. The number of rotatable bonds is 5. The topological polar surface area (TPSA) is 58.4 Å². The Morgan fingerprint density at radius 3 is 2.45 bits per heavy atom. The SMILES string of the molecule is Cl.Nc1ccc(C(=O)NCCCN2CCCCC2)cc1. The molecule has 0 unspecified atom stereocenters. The average molecular weight is 298 g/mol. The Morgan fingerprint density at radius 2 is 1.80 bits per heavy atom. The number of piperidine rings is 1. The highest BCUT2D eigenvalue weighted by atomic mass is 35.5. The standard InChI is InChI=1S/C15H23N3O.ClH/c16-14-7-5-13(6-8-14)15(19)17-9-4-12-18-10-2-1-3-11-18;/h5-8H,1-4,9-12,16H2,(H,17,19);1H. The summed E-state index contributed by atoms with van der Waals surface area (Å²) in [4.78, 5) is 14.3. The number of amides is 1. The minimum atomic E-state index is -0.0151. The van der Waals surface area contributed by atoms with Crippen molar-refractivity contribution in [2.75, 3.05) is 31.9 Å². The van der Waals surface area contributed by atoms with Crippen molar-refractivity contribution < 1.29 is 4.79 Å². The lowest BCUT2D eigenvalue weighted by atomic mass is 10.1. The molecule has 0 atom stereocenters. The largest absolute Gasteiger partial charge is 0.399 e. The number of nitrogens with zero attached hydrogens (tertiary/aromatic N) is 1. The Balaban J connectivity index is 0.00000200. The lowest BCUT2D eigenvalue weighted by Crippen LogP contribution is -2.33. The molecule has 0 aromatic heterocycles. The molecule has 0 saturated carbocycles. The second-order valence-corrected chi connectivity index (χ2v) is 5.13. The van der Waals surface area contributed by atoms with Crippen molar-refractivity contribution >= 4 is 24.0 Å². The first kappa shape index (κ1) is 16.8. The van der Waals surface area contributed by atoms with Gasteiger partial charge < -0.3 is 16.0 Å². The van der Waals surface area contributed by atoms with Crippen molar-refractivity contribution in [3.8, 4) is 0 Å². The molecule has 1 fully saturated rings. The number of benzene rings is 1. The van der Waals surface area contributed by atoms with E-state index in [1.165, 1.54) is 32.4 Å². The number of hydrogen-bond acceptors (Lipinski definition) is 3. The molecular weight excluding hydrogens is 274 g/mol. The molecule has 4 nitrogen and oxygen atoms in total. The Kier molecular flexibility index (Phi) is 7.41. The average Bonchev–Trinajstić information content (AvgIpc) is 2.45. The first-order valence-electron chi connectivity index (χ1n) is 7.12. The molecule has 0 aliphatic carbocycles. The van der Waals surface area contributed by atoms with E-state index in [2.05, 4.69) is 10.2 Å². The molecule has 5 heteroatoms. The highest BCUT2D eigenvalue weighted by molar-refractivity contribution is 5.94. The summed E-state index contributed by atoms with van der Waals surface area (Å²) in [6, 6.07) is 7.02. The van der Waals surface area contributed by atoms with Crippen molar-refractivity contribution in [2.45, 2.75) is 25.7 Å². The maximum Gasteiger partial charge on any atom is 0.251 e. The molecule has 1 aromatic rings. The van der Waals surface area contributed by atoms with Gasteiger partial charge in [-0.1, -0.05) is 6.42 Å². The second-order valence-electron chi connectivity index (χ2n) is 5.13. The first-order chi connectivity index (χ1) is 9.25. The van der Waals surface area contributed by atoms with Gasteiger partial charge >= 0.3 is 0 Å². The number of hydrogen-bond donors (Lipinski definition) is 2. The van der Waals surface area contributed by atoms with E-state index in [9.17, 15) is 4.79 Å². The van der Waals surface area contributed by atoms with Crippen LogP contribution in [0.2, 0.25) is 0 Å². The van der Waals surface area contributed by atoms with Gasteiger partial charge in [0.15, 0.2) is 0 Å². The van der Waals surface area contributed by atoms with Gasteiger partial charge in [-0.3, -0.25) is 4.79 Å². The van der Waals surface area contributed by atoms with Crippen LogP contribution in [-0.2, 0) is 0 Å². The number of anilines is 1. The van der Waals surface area contributed by atoms with E-state index in [-0.39, 0.29) is 18.3 Å². The van der Waals surface area contributed by atoms with Crippen molar-refractivity contribution in [3.05, 3.63) is 29.8 Å². The van der Waals surface area contributed by atoms with Gasteiger partial charge in [-0.2, -0.15) is 0 Å². The quantitative estimate of drug-likeness (QED) is 0.648. The van der Waals surface area contributed by atoms with Crippen molar-refractivity contribution in [1.82, 2.24) is 10.2 Å². The first-order valence-corrected chi connectivity index (χ1v) is 7.12. The van der Waals surface area contributed by atoms with E-state index >= 15 is 0 Å². The fourth-order valence-electron chi connectivity index (χ4n) is 2.42. The van der Waals surface area contributed by atoms with E-state index in [1.807, 2.05) is 0 Å². The van der Waals surface area contributed by atoms with Gasteiger partial charge in [0.2, 0.25) is 0 Å². The third-order valence-corrected chi connectivity index (χ3v) is 3.56. The van der Waals surface area contributed by atoms with Crippen LogP contribution in [0.1, 0.15) is 36.0 Å². The molecule has 3 N–H and O–H groups in total. The van der Waals surface area contributed by atoms with E-state index in [0.717, 1.165) is 19.5 Å². The maximum atomic E-state index is 11.8. The van der Waals surface area contributed by atoms with Gasteiger partial charge in [0.25, 0.3) is 5.91 Å². The summed E-state index contributed by atoms with van der Waals surface area (Å²) in [7, 11) is 0. The molecule has 112 valence electrons. The highest BCUT2D eigenvalue weighted by Gasteiger charge is 2.09. The van der Waals surface area contributed by atoms with Crippen LogP contribution in [0, 0.1) is 0 Å². The van der Waals surface area contributed by atoms with Gasteiger partial charge in [0.1, 0.15) is 0 Å². The lowest BCUT2D eigenvalue weighted by Gasteiger charge is -2.26. The summed E-state index contributed by atoms with van der Waals surface area (Å²) in [5, 5.41) is 2.95. The van der Waals surface area contributed by atoms with Gasteiger partial charge in [0.05, 0.1) is 0 Å². The van der Waals surface area contributed by atoms with E-state index in [1.54, 1.807) is 24.3 Å². The van der Waals surface area contributed by atoms with Crippen LogP contribution in [-0.4, -0.2) is 37.0 Å². The molecule has 1 aliphatic heterocycles. The predicted molar refractivity (Wildman–Crippen MR) is 85.3 cm³/mol. The van der Waals surface area contributed by atoms with Crippen molar-refractivity contribution in [3.63, 3.8) is 0 Å². The van der Waals surface area contributed by atoms with Crippen LogP contribution in [0.4, 0.5) is 5.69 Å². The van der Waals surface area contributed by atoms with E-state index in [0.29, 0.717) is 11.3 Å². The molecule has 1 amide bonds. The third-order valence-electron chi connectivity index (χ3n) is 3.56. The fraction of sp³-hybridized carbons (Fsp3) is 0.533. The number of carbonyl (C=O) groups excluding carboxylic acids is 1. The molecular formula is C15H24ClN3O. The summed E-state index contributed by atoms with van der Waals surface area (Å²) in [5.74, 6) is -0.0151. The number of nitrogens with two attached hydrogens (primary N) is 1. The van der Waals surface area contributed by atoms with Crippen LogP contribution < -0.4 is 11.1 Å². The summed E-state index contributed by atoms with van der Waals surface area (Å²) in [5.41, 5.74) is 6.95. The van der Waals surface area contributed by atoms with Gasteiger partial charge in [0, 0.05) is 17.8 Å². The molecule has 1 heterocycles. The number of halogens is 1. The van der Waals surface area contributed by atoms with Gasteiger partial charge in [-0.15, -0.1) is 12.4 Å². The van der Waals surface area contributed by atoms with Crippen molar-refractivity contribution in [1.29, 1.82) is 0 Å². The number of likely N-dealkylation sites (tertiary alicyclic amines) is 1. The molecule has 2 rings (SSSR count). The third kappa shape index (κ3) is 5.39. The molecule has 0 bridgehead atoms. The molecule has 0 radical (unpaired) electrons. The highest BCUT2D eigenvalue weighted by Crippen LogP contribution is 2.08. The minimum Gasteiger partial charge on any atom is -0.399 e. The Morgan fingerprint density at radius 1 is 1.15 bits per heavy atom. The van der Waals surface area contributed by atoms with Crippen molar-refractivity contribution in [2.24, 2.45) is 0 Å². The number of carbonyl (C=O) groups is 1. The fourth-order valence-corrected chi connectivity index (χ4v) is 2.42. The number of nitrogens with one attached hydrogen (secondary N) is 1. The molecule has 0 spiro atoms. The van der Waals surface area contributed by atoms with Crippen LogP contribution in [0.3, 0.4) is 0 Å². The zero-order valence-electron chi connectivity index (χ0n) is 11.8. The van der Waals surface area contributed by atoms with E-state index < -0.39 is 0 Å². The normalized spacial score (nSPS) is 15.4. The maximum absolute atomic E-state index is 11.8. The molecule has 1 aliphatic rings. The monoisotopic (exact) mass is 297 g/mol. The van der Waals surface area contributed by atoms with Crippen LogP contribution in [0.25, 0.3) is 0 Å². The smallest absolute Gasteiger partial charge is 0.251 e. The zero-order chi connectivity index (χ0) is 13.5. The lowest BCUT2D eigenvalue weighted by molar-refractivity contribution is 0.0951. The van der Waals surface area contributed by atoms with Gasteiger partial charge in [-0.05, 0) is 63.2 Å². The number of nitrogen functional groups attached to an aromatic ring is 1. The van der Waals surface area contributed by atoms with Gasteiger partial charge in [-0.25, -0.2) is 0 Å². The van der Waals surface area contributed by atoms with E-state index in [4.69, 9.17) is 5.73 Å². The molecule has 1 saturated heterocycles. The molecule has 1 aromatic carbocycles. The second kappa shape index (κ2) is 8.82.